The molecule has 0 aliphatic carbocycles. The molecule has 3 rings (SSSR count). The van der Waals surface area contributed by atoms with Gasteiger partial charge in [0.25, 0.3) is 0 Å². The largest absolute Gasteiger partial charge is 0.379 e. The number of nitrogens with one attached hydrogen (secondary N) is 2. The molecule has 0 saturated carbocycles. The van der Waals surface area contributed by atoms with Crippen molar-refractivity contribution < 1.29 is 23.1 Å². The van der Waals surface area contributed by atoms with Crippen LogP contribution in [0.2, 0.25) is 0 Å². The van der Waals surface area contributed by atoms with Crippen molar-refractivity contribution in [2.45, 2.75) is 6.04 Å². The van der Waals surface area contributed by atoms with Gasteiger partial charge in [-0.1, -0.05) is 6.07 Å². The quantitative estimate of drug-likeness (QED) is 0.762. The Balaban J connectivity index is 1.61. The van der Waals surface area contributed by atoms with Gasteiger partial charge in [-0.3, -0.25) is 14.5 Å². The lowest BCUT2D eigenvalue weighted by atomic mass is 10.2. The highest BCUT2D eigenvalue weighted by molar-refractivity contribution is 7.10. The molecule has 1 aliphatic rings. The highest BCUT2D eigenvalue weighted by Gasteiger charge is 2.25. The zero-order chi connectivity index (χ0) is 19.2. The van der Waals surface area contributed by atoms with Gasteiger partial charge in [0.05, 0.1) is 24.9 Å². The van der Waals surface area contributed by atoms with E-state index in [1.807, 2.05) is 17.5 Å². The summed E-state index contributed by atoms with van der Waals surface area (Å²) in [5.74, 6) is -3.49. The normalized spacial score (nSPS) is 15.9. The Bertz CT molecular complexity index is 795. The van der Waals surface area contributed by atoms with Gasteiger partial charge in [-0.2, -0.15) is 0 Å². The van der Waals surface area contributed by atoms with Gasteiger partial charge in [-0.15, -0.1) is 11.3 Å². The molecule has 0 bridgehead atoms. The first-order valence-electron chi connectivity index (χ1n) is 8.44. The molecule has 1 fully saturated rings. The second-order valence-electron chi connectivity index (χ2n) is 5.97. The summed E-state index contributed by atoms with van der Waals surface area (Å²) in [7, 11) is 0. The van der Waals surface area contributed by atoms with Crippen LogP contribution in [0.4, 0.5) is 14.5 Å². The Labute approximate surface area is 159 Å². The fourth-order valence-corrected chi connectivity index (χ4v) is 3.68. The molecule has 2 aromatic rings. The topological polar surface area (TPSA) is 70.7 Å². The number of amides is 2. The third-order valence-corrected chi connectivity index (χ3v) is 5.17. The average Bonchev–Trinajstić information content (AvgIpc) is 3.20. The maximum atomic E-state index is 13.6. The molecule has 27 heavy (non-hydrogen) atoms. The summed E-state index contributed by atoms with van der Waals surface area (Å²) in [4.78, 5) is 27.4. The van der Waals surface area contributed by atoms with Gasteiger partial charge in [-0.25, -0.2) is 8.78 Å². The minimum Gasteiger partial charge on any atom is -0.379 e. The molecule has 1 saturated heterocycles. The number of thiophene rings is 1. The second kappa shape index (κ2) is 9.03. The third kappa shape index (κ3) is 5.09. The lowest BCUT2D eigenvalue weighted by molar-refractivity contribution is -0.136. The number of ether oxygens (including phenoxy) is 1. The molecule has 0 unspecified atom stereocenters. The second-order valence-corrected chi connectivity index (χ2v) is 6.95. The fourth-order valence-electron chi connectivity index (χ4n) is 2.82. The van der Waals surface area contributed by atoms with Crippen LogP contribution in [0.15, 0.2) is 35.7 Å². The Morgan fingerprint density at radius 2 is 1.96 bits per heavy atom. The van der Waals surface area contributed by atoms with E-state index in [2.05, 4.69) is 15.5 Å². The SMILES string of the molecule is O=C(NC[C@@H](c1cccs1)N1CCOCC1)C(=O)Nc1cc(F)ccc1F. The number of carbonyl (C=O) groups excluding carboxylic acids is 2. The molecule has 2 N–H and O–H groups in total. The van der Waals surface area contributed by atoms with Crippen molar-refractivity contribution in [3.63, 3.8) is 0 Å². The molecule has 2 heterocycles. The van der Waals surface area contributed by atoms with Crippen LogP contribution in [0, 0.1) is 11.6 Å². The monoisotopic (exact) mass is 395 g/mol. The standard InChI is InChI=1S/C18H19F2N3O3S/c19-12-3-4-13(20)14(10-12)22-18(25)17(24)21-11-15(16-2-1-9-27-16)23-5-7-26-8-6-23/h1-4,9-10,15H,5-8,11H2,(H,21,24)(H,22,25)/t15-/m0/s1. The highest BCUT2D eigenvalue weighted by atomic mass is 32.1. The predicted molar refractivity (Wildman–Crippen MR) is 97.4 cm³/mol. The van der Waals surface area contributed by atoms with E-state index in [0.29, 0.717) is 13.2 Å². The first kappa shape index (κ1) is 19.4. The number of nitrogens with zero attached hydrogens (tertiary/aromatic N) is 1. The highest BCUT2D eigenvalue weighted by Crippen LogP contribution is 2.25. The van der Waals surface area contributed by atoms with E-state index in [-0.39, 0.29) is 18.3 Å². The zero-order valence-corrected chi connectivity index (χ0v) is 15.2. The maximum absolute atomic E-state index is 13.6. The minimum absolute atomic E-state index is 0.0865. The van der Waals surface area contributed by atoms with E-state index in [0.717, 1.165) is 36.2 Å². The lowest BCUT2D eigenvalue weighted by Crippen LogP contribution is -2.45. The molecule has 1 atom stereocenters. The summed E-state index contributed by atoms with van der Waals surface area (Å²) in [6, 6.07) is 6.44. The van der Waals surface area contributed by atoms with Crippen molar-refractivity contribution in [3.05, 3.63) is 52.2 Å². The van der Waals surface area contributed by atoms with Gasteiger partial charge >= 0.3 is 11.8 Å². The molecular weight excluding hydrogens is 376 g/mol. The van der Waals surface area contributed by atoms with Crippen molar-refractivity contribution in [2.75, 3.05) is 38.2 Å². The average molecular weight is 395 g/mol. The molecule has 0 spiro atoms. The number of carbonyl (C=O) groups is 2. The summed E-state index contributed by atoms with van der Waals surface area (Å²) in [6.45, 7) is 2.88. The molecule has 9 heteroatoms. The van der Waals surface area contributed by atoms with E-state index in [4.69, 9.17) is 4.74 Å². The molecule has 2 amide bonds. The van der Waals surface area contributed by atoms with Crippen LogP contribution >= 0.6 is 11.3 Å². The third-order valence-electron chi connectivity index (χ3n) is 4.20. The van der Waals surface area contributed by atoms with Crippen LogP contribution in [-0.2, 0) is 14.3 Å². The van der Waals surface area contributed by atoms with Crippen LogP contribution in [-0.4, -0.2) is 49.6 Å². The number of anilines is 1. The number of hydrogen-bond acceptors (Lipinski definition) is 5. The Morgan fingerprint density at radius 1 is 1.19 bits per heavy atom. The van der Waals surface area contributed by atoms with E-state index < -0.39 is 23.4 Å². The Kier molecular flexibility index (Phi) is 6.49. The fraction of sp³-hybridized carbons (Fsp3) is 0.333. The van der Waals surface area contributed by atoms with Crippen LogP contribution in [0.1, 0.15) is 10.9 Å². The molecule has 6 nitrogen and oxygen atoms in total. The van der Waals surface area contributed by atoms with Crippen molar-refractivity contribution >= 4 is 28.8 Å². The molecule has 1 aliphatic heterocycles. The zero-order valence-electron chi connectivity index (χ0n) is 14.4. The Hall–Kier alpha value is -2.36. The van der Waals surface area contributed by atoms with Crippen LogP contribution in [0.3, 0.4) is 0 Å². The predicted octanol–water partition coefficient (Wildman–Crippen LogP) is 2.15. The van der Waals surface area contributed by atoms with E-state index >= 15 is 0 Å². The van der Waals surface area contributed by atoms with Gasteiger partial charge < -0.3 is 15.4 Å². The van der Waals surface area contributed by atoms with E-state index in [1.54, 1.807) is 11.3 Å². The summed E-state index contributed by atoms with van der Waals surface area (Å²) in [6.07, 6.45) is 0. The first-order chi connectivity index (χ1) is 13.0. The van der Waals surface area contributed by atoms with Gasteiger partial charge in [0.15, 0.2) is 0 Å². The van der Waals surface area contributed by atoms with Gasteiger partial charge in [0.1, 0.15) is 11.6 Å². The van der Waals surface area contributed by atoms with Crippen molar-refractivity contribution in [3.8, 4) is 0 Å². The summed E-state index contributed by atoms with van der Waals surface area (Å²) < 4.78 is 32.2. The van der Waals surface area contributed by atoms with E-state index in [9.17, 15) is 18.4 Å². The van der Waals surface area contributed by atoms with Crippen LogP contribution in [0.25, 0.3) is 0 Å². The Morgan fingerprint density at radius 3 is 2.67 bits per heavy atom. The van der Waals surface area contributed by atoms with Gasteiger partial charge in [0.2, 0.25) is 0 Å². The molecule has 144 valence electrons. The smallest absolute Gasteiger partial charge is 0.313 e. The number of rotatable bonds is 5. The van der Waals surface area contributed by atoms with E-state index in [1.165, 1.54) is 0 Å². The first-order valence-corrected chi connectivity index (χ1v) is 9.32. The van der Waals surface area contributed by atoms with Crippen LogP contribution in [0.5, 0.6) is 0 Å². The molecular formula is C18H19F2N3O3S. The molecule has 0 radical (unpaired) electrons. The molecule has 1 aromatic heterocycles. The number of hydrogen-bond donors (Lipinski definition) is 2. The summed E-state index contributed by atoms with van der Waals surface area (Å²) in [5, 5.41) is 6.62. The van der Waals surface area contributed by atoms with Gasteiger partial charge in [0, 0.05) is 30.6 Å². The number of morpholine rings is 1. The van der Waals surface area contributed by atoms with Crippen molar-refractivity contribution in [1.29, 1.82) is 0 Å². The number of benzene rings is 1. The van der Waals surface area contributed by atoms with Crippen molar-refractivity contribution in [1.82, 2.24) is 10.2 Å². The van der Waals surface area contributed by atoms with Gasteiger partial charge in [-0.05, 0) is 23.6 Å². The van der Waals surface area contributed by atoms with Crippen LogP contribution < -0.4 is 10.6 Å². The number of halogens is 2. The maximum Gasteiger partial charge on any atom is 0.313 e. The summed E-state index contributed by atoms with van der Waals surface area (Å²) in [5.41, 5.74) is -0.377. The van der Waals surface area contributed by atoms with Crippen molar-refractivity contribution in [2.24, 2.45) is 0 Å². The molecule has 1 aromatic carbocycles. The summed E-state index contributed by atoms with van der Waals surface area (Å²) >= 11 is 1.57. The minimum atomic E-state index is -1.05. The lowest BCUT2D eigenvalue weighted by Gasteiger charge is -2.34.